The van der Waals surface area contributed by atoms with Crippen molar-refractivity contribution in [3.63, 3.8) is 0 Å². The largest absolute Gasteiger partial charge is 0.497 e. The molecule has 0 saturated carbocycles. The van der Waals surface area contributed by atoms with Gasteiger partial charge in [0.1, 0.15) is 17.8 Å². The molecule has 7 heteroatoms. The van der Waals surface area contributed by atoms with Gasteiger partial charge in [0, 0.05) is 5.56 Å². The third kappa shape index (κ3) is 2.07. The standard InChI is InChI=1S/C13H10F2N4O/c1-20-9-4-2-8(3-5-9)10-6-11(12(14)15)19-13(18-10)16-7-17-19/h2-7,12H,1H3. The third-order valence-corrected chi connectivity index (χ3v) is 2.89. The molecule has 0 atom stereocenters. The van der Waals surface area contributed by atoms with Crippen LogP contribution >= 0.6 is 0 Å². The summed E-state index contributed by atoms with van der Waals surface area (Å²) in [6, 6.07) is 8.31. The summed E-state index contributed by atoms with van der Waals surface area (Å²) in [5, 5.41) is 3.75. The van der Waals surface area contributed by atoms with E-state index < -0.39 is 6.43 Å². The van der Waals surface area contributed by atoms with Gasteiger partial charge in [-0.05, 0) is 30.3 Å². The summed E-state index contributed by atoms with van der Waals surface area (Å²) < 4.78 is 32.2. The Bertz CT molecular complexity index is 740. The summed E-state index contributed by atoms with van der Waals surface area (Å²) in [5.74, 6) is 0.833. The van der Waals surface area contributed by atoms with Crippen LogP contribution in [0.2, 0.25) is 0 Å². The minimum absolute atomic E-state index is 0.147. The van der Waals surface area contributed by atoms with E-state index in [1.165, 1.54) is 12.4 Å². The van der Waals surface area contributed by atoms with E-state index in [2.05, 4.69) is 15.1 Å². The molecule has 2 heterocycles. The van der Waals surface area contributed by atoms with Gasteiger partial charge in [0.2, 0.25) is 0 Å². The van der Waals surface area contributed by atoms with E-state index in [1.807, 2.05) is 0 Å². The van der Waals surface area contributed by atoms with Gasteiger partial charge in [-0.2, -0.15) is 14.6 Å². The van der Waals surface area contributed by atoms with Gasteiger partial charge in [0.05, 0.1) is 12.8 Å². The molecule has 102 valence electrons. The Morgan fingerprint density at radius 2 is 1.95 bits per heavy atom. The lowest BCUT2D eigenvalue weighted by Crippen LogP contribution is -2.02. The first-order valence-corrected chi connectivity index (χ1v) is 5.82. The van der Waals surface area contributed by atoms with Gasteiger partial charge in [0.15, 0.2) is 0 Å². The number of hydrogen-bond donors (Lipinski definition) is 0. The monoisotopic (exact) mass is 276 g/mol. The lowest BCUT2D eigenvalue weighted by atomic mass is 10.1. The fourth-order valence-corrected chi connectivity index (χ4v) is 1.90. The fourth-order valence-electron chi connectivity index (χ4n) is 1.90. The van der Waals surface area contributed by atoms with Gasteiger partial charge in [-0.15, -0.1) is 0 Å². The van der Waals surface area contributed by atoms with E-state index in [9.17, 15) is 8.78 Å². The fraction of sp³-hybridized carbons (Fsp3) is 0.154. The smallest absolute Gasteiger partial charge is 0.280 e. The van der Waals surface area contributed by atoms with Crippen molar-refractivity contribution in [3.05, 3.63) is 42.4 Å². The molecular weight excluding hydrogens is 266 g/mol. The van der Waals surface area contributed by atoms with Crippen LogP contribution in [0.15, 0.2) is 36.7 Å². The maximum Gasteiger partial charge on any atom is 0.280 e. The molecule has 20 heavy (non-hydrogen) atoms. The van der Waals surface area contributed by atoms with Crippen LogP contribution in [0, 0.1) is 0 Å². The Morgan fingerprint density at radius 3 is 2.60 bits per heavy atom. The Kier molecular flexibility index (Phi) is 3.02. The minimum atomic E-state index is -2.65. The first kappa shape index (κ1) is 12.5. The summed E-state index contributed by atoms with van der Waals surface area (Å²) in [5.41, 5.74) is 0.889. The molecule has 0 fully saturated rings. The van der Waals surface area contributed by atoms with Crippen LogP contribution in [0.5, 0.6) is 5.75 Å². The topological polar surface area (TPSA) is 52.3 Å². The number of halogens is 2. The maximum atomic E-state index is 13.1. The second-order valence-corrected chi connectivity index (χ2v) is 4.07. The molecule has 2 aromatic heterocycles. The highest BCUT2D eigenvalue weighted by Gasteiger charge is 2.16. The number of nitrogens with zero attached hydrogens (tertiary/aromatic N) is 4. The van der Waals surface area contributed by atoms with Crippen LogP contribution in [0.1, 0.15) is 12.1 Å². The average Bonchev–Trinajstić information content (AvgIpc) is 2.94. The maximum absolute atomic E-state index is 13.1. The quantitative estimate of drug-likeness (QED) is 0.738. The predicted molar refractivity (Wildman–Crippen MR) is 67.7 cm³/mol. The molecule has 3 aromatic rings. The van der Waals surface area contributed by atoms with Gasteiger partial charge in [-0.25, -0.2) is 13.8 Å². The van der Waals surface area contributed by atoms with E-state index in [4.69, 9.17) is 4.74 Å². The van der Waals surface area contributed by atoms with Crippen LogP contribution in [0.3, 0.4) is 0 Å². The van der Waals surface area contributed by atoms with E-state index >= 15 is 0 Å². The van der Waals surface area contributed by atoms with Gasteiger partial charge in [0.25, 0.3) is 12.2 Å². The molecule has 0 aliphatic rings. The van der Waals surface area contributed by atoms with Crippen LogP contribution in [-0.2, 0) is 0 Å². The van der Waals surface area contributed by atoms with Crippen molar-refractivity contribution < 1.29 is 13.5 Å². The van der Waals surface area contributed by atoms with Crippen molar-refractivity contribution in [2.45, 2.75) is 6.43 Å². The first-order chi connectivity index (χ1) is 9.69. The van der Waals surface area contributed by atoms with Gasteiger partial charge >= 0.3 is 0 Å². The minimum Gasteiger partial charge on any atom is -0.497 e. The van der Waals surface area contributed by atoms with E-state index in [1.54, 1.807) is 31.4 Å². The number of ether oxygens (including phenoxy) is 1. The highest BCUT2D eigenvalue weighted by atomic mass is 19.3. The molecule has 1 aromatic carbocycles. The van der Waals surface area contributed by atoms with Crippen LogP contribution in [0.25, 0.3) is 17.0 Å². The zero-order valence-corrected chi connectivity index (χ0v) is 10.5. The van der Waals surface area contributed by atoms with Crippen molar-refractivity contribution >= 4 is 5.78 Å². The van der Waals surface area contributed by atoms with Gasteiger partial charge in [-0.3, -0.25) is 0 Å². The Morgan fingerprint density at radius 1 is 1.20 bits per heavy atom. The zero-order valence-electron chi connectivity index (χ0n) is 10.5. The van der Waals surface area contributed by atoms with Crippen LogP contribution in [0.4, 0.5) is 8.78 Å². The van der Waals surface area contributed by atoms with Gasteiger partial charge < -0.3 is 4.74 Å². The summed E-state index contributed by atoms with van der Waals surface area (Å²) in [4.78, 5) is 8.08. The molecule has 3 rings (SSSR count). The van der Waals surface area contributed by atoms with Crippen molar-refractivity contribution in [2.24, 2.45) is 0 Å². The van der Waals surface area contributed by atoms with Crippen LogP contribution in [-0.4, -0.2) is 26.7 Å². The average molecular weight is 276 g/mol. The number of benzene rings is 1. The number of aromatic nitrogens is 4. The second-order valence-electron chi connectivity index (χ2n) is 4.07. The number of hydrogen-bond acceptors (Lipinski definition) is 4. The molecule has 0 saturated heterocycles. The Balaban J connectivity index is 2.15. The molecule has 0 aliphatic carbocycles. The van der Waals surface area contributed by atoms with Crippen molar-refractivity contribution in [3.8, 4) is 17.0 Å². The summed E-state index contributed by atoms with van der Waals surface area (Å²) >= 11 is 0. The summed E-state index contributed by atoms with van der Waals surface area (Å²) in [6.45, 7) is 0. The van der Waals surface area contributed by atoms with E-state index in [-0.39, 0.29) is 11.5 Å². The third-order valence-electron chi connectivity index (χ3n) is 2.89. The van der Waals surface area contributed by atoms with Crippen LogP contribution < -0.4 is 4.74 Å². The second kappa shape index (κ2) is 4.84. The highest BCUT2D eigenvalue weighted by molar-refractivity contribution is 5.62. The zero-order chi connectivity index (χ0) is 14.1. The molecule has 0 radical (unpaired) electrons. The van der Waals surface area contributed by atoms with Gasteiger partial charge in [-0.1, -0.05) is 0 Å². The molecule has 0 unspecified atom stereocenters. The lowest BCUT2D eigenvalue weighted by Gasteiger charge is -2.07. The van der Waals surface area contributed by atoms with Crippen molar-refractivity contribution in [1.82, 2.24) is 19.6 Å². The number of fused-ring (bicyclic) bond motifs is 1. The Hall–Kier alpha value is -2.57. The molecule has 0 bridgehead atoms. The Labute approximate surface area is 112 Å². The molecule has 0 amide bonds. The number of methoxy groups -OCH3 is 1. The summed E-state index contributed by atoms with van der Waals surface area (Å²) in [7, 11) is 1.56. The normalized spacial score (nSPS) is 11.2. The number of rotatable bonds is 3. The summed E-state index contributed by atoms with van der Waals surface area (Å²) in [6.07, 6.45) is -1.45. The highest BCUT2D eigenvalue weighted by Crippen LogP contribution is 2.26. The van der Waals surface area contributed by atoms with E-state index in [0.29, 0.717) is 17.0 Å². The molecular formula is C13H10F2N4O. The molecule has 0 N–H and O–H groups in total. The molecule has 0 spiro atoms. The first-order valence-electron chi connectivity index (χ1n) is 5.82. The molecule has 0 aliphatic heterocycles. The number of alkyl halides is 2. The SMILES string of the molecule is COc1ccc(-c2cc(C(F)F)n3ncnc3n2)cc1. The van der Waals surface area contributed by atoms with Crippen molar-refractivity contribution in [2.75, 3.05) is 7.11 Å². The lowest BCUT2D eigenvalue weighted by molar-refractivity contribution is 0.143. The van der Waals surface area contributed by atoms with E-state index in [0.717, 1.165) is 4.52 Å². The molecule has 5 nitrogen and oxygen atoms in total. The van der Waals surface area contributed by atoms with Crippen molar-refractivity contribution in [1.29, 1.82) is 0 Å². The predicted octanol–water partition coefficient (Wildman–Crippen LogP) is 2.74.